The molecule has 0 unspecified atom stereocenters. The van der Waals surface area contributed by atoms with Gasteiger partial charge < -0.3 is 54.1 Å². The first kappa shape index (κ1) is 55.3. The lowest BCUT2D eigenvalue weighted by Gasteiger charge is -2.37. The van der Waals surface area contributed by atoms with Gasteiger partial charge in [-0.25, -0.2) is 4.79 Å². The van der Waals surface area contributed by atoms with Crippen molar-refractivity contribution in [3.05, 3.63) is 179 Å². The molecule has 0 spiro atoms. The minimum atomic E-state index is -1.05. The van der Waals surface area contributed by atoms with E-state index in [1.807, 2.05) is 66.7 Å². The van der Waals surface area contributed by atoms with Crippen molar-refractivity contribution < 1.29 is 52.6 Å². The average molecular weight is 997 g/mol. The fourth-order valence-electron chi connectivity index (χ4n) is 8.92. The Morgan fingerprint density at radius 3 is 1.22 bits per heavy atom. The van der Waals surface area contributed by atoms with Crippen molar-refractivity contribution in [3.63, 3.8) is 0 Å². The van der Waals surface area contributed by atoms with E-state index in [9.17, 15) is 9.59 Å². The number of ether oxygens (including phenoxy) is 8. The number of carboxylic acids is 1. The highest BCUT2D eigenvalue weighted by atomic mass is 16.5. The van der Waals surface area contributed by atoms with E-state index in [0.29, 0.717) is 65.2 Å². The molecule has 2 saturated heterocycles. The molecular formula is C60H72N2O11. The second-order valence-electron chi connectivity index (χ2n) is 18.4. The Hall–Kier alpha value is -7.06. The Labute approximate surface area is 430 Å². The maximum Gasteiger partial charge on any atom is 0.335 e. The molecule has 73 heavy (non-hydrogen) atoms. The number of hydrogen-bond donors (Lipinski definition) is 3. The first-order chi connectivity index (χ1) is 35.6. The lowest BCUT2D eigenvalue weighted by atomic mass is 9.75. The third kappa shape index (κ3) is 16.7. The number of carboxylic acid groups (broad SMARTS) is 1. The quantitative estimate of drug-likeness (QED) is 0.0626. The van der Waals surface area contributed by atoms with E-state index in [2.05, 4.69) is 59.9 Å². The van der Waals surface area contributed by atoms with E-state index >= 15 is 0 Å². The normalized spacial score (nSPS) is 14.4. The van der Waals surface area contributed by atoms with E-state index in [0.717, 1.165) is 89.0 Å². The number of aromatic carboxylic acids is 1. The molecule has 0 saturated carbocycles. The first-order valence-corrected chi connectivity index (χ1v) is 24.9. The van der Waals surface area contributed by atoms with Crippen LogP contribution in [0.25, 0.3) is 0 Å². The molecule has 2 aliphatic heterocycles. The summed E-state index contributed by atoms with van der Waals surface area (Å²) in [6, 6.07) is 46.9. The molecule has 0 aliphatic carbocycles. The number of benzene rings is 6. The molecule has 0 atom stereocenters. The van der Waals surface area contributed by atoms with Gasteiger partial charge in [-0.05, 0) is 115 Å². The molecule has 1 amide bonds. The fraction of sp³-hybridized carbons (Fsp3) is 0.367. The maximum absolute atomic E-state index is 13.2. The Morgan fingerprint density at radius 1 is 0.521 bits per heavy atom. The van der Waals surface area contributed by atoms with Crippen LogP contribution < -0.4 is 39.5 Å². The van der Waals surface area contributed by atoms with Crippen LogP contribution in [0.15, 0.2) is 146 Å². The van der Waals surface area contributed by atoms with Crippen molar-refractivity contribution in [2.75, 3.05) is 68.0 Å². The number of nitrogens with one attached hydrogen (secondary N) is 1. The lowest BCUT2D eigenvalue weighted by molar-refractivity contribution is 0.0106. The summed E-state index contributed by atoms with van der Waals surface area (Å²) in [4.78, 5) is 24.3. The van der Waals surface area contributed by atoms with Gasteiger partial charge in [-0.1, -0.05) is 121 Å². The second kappa shape index (κ2) is 28.8. The first-order valence-electron chi connectivity index (χ1n) is 24.9. The molecule has 388 valence electrons. The molecule has 2 fully saturated rings. The van der Waals surface area contributed by atoms with Crippen LogP contribution >= 0.6 is 0 Å². The molecule has 4 N–H and O–H groups in total. The van der Waals surface area contributed by atoms with Crippen molar-refractivity contribution in [1.82, 2.24) is 5.32 Å². The Kier molecular flexibility index (Phi) is 21.8. The third-order valence-electron chi connectivity index (χ3n) is 13.6. The van der Waals surface area contributed by atoms with Gasteiger partial charge in [0.15, 0.2) is 23.0 Å². The zero-order valence-electron chi connectivity index (χ0n) is 42.8. The largest absolute Gasteiger partial charge is 0.493 e. The zero-order valence-corrected chi connectivity index (χ0v) is 42.8. The van der Waals surface area contributed by atoms with Crippen LogP contribution in [0, 0.1) is 10.8 Å². The second-order valence-corrected chi connectivity index (χ2v) is 18.4. The molecule has 8 rings (SSSR count). The summed E-state index contributed by atoms with van der Waals surface area (Å²) in [6.07, 6.45) is 8.41. The highest BCUT2D eigenvalue weighted by molar-refractivity contribution is 5.95. The summed E-state index contributed by atoms with van der Waals surface area (Å²) in [7, 11) is 6.03. The number of carbonyl (C=O) groups is 2. The van der Waals surface area contributed by atoms with Crippen LogP contribution in [-0.4, -0.2) is 84.9 Å². The third-order valence-corrected chi connectivity index (χ3v) is 13.6. The number of nitrogens with two attached hydrogens (primary N) is 1. The van der Waals surface area contributed by atoms with Crippen molar-refractivity contribution in [1.29, 1.82) is 0 Å². The van der Waals surface area contributed by atoms with E-state index < -0.39 is 5.97 Å². The number of aryl methyl sites for hydroxylation is 2. The van der Waals surface area contributed by atoms with Crippen LogP contribution in [0.1, 0.15) is 81.5 Å². The van der Waals surface area contributed by atoms with Gasteiger partial charge in [0.2, 0.25) is 11.5 Å². The molecule has 0 bridgehead atoms. The summed E-state index contributed by atoms with van der Waals surface area (Å²) < 4.78 is 44.3. The molecule has 6 aromatic carbocycles. The highest BCUT2D eigenvalue weighted by Gasteiger charge is 2.33. The smallest absolute Gasteiger partial charge is 0.335 e. The highest BCUT2D eigenvalue weighted by Crippen LogP contribution is 2.41. The van der Waals surface area contributed by atoms with Gasteiger partial charge >= 0.3 is 5.97 Å². The molecule has 13 heteroatoms. The predicted octanol–water partition coefficient (Wildman–Crippen LogP) is 10.8. The minimum absolute atomic E-state index is 0.0106. The zero-order chi connectivity index (χ0) is 51.7. The molecule has 0 radical (unpaired) electrons. The summed E-state index contributed by atoms with van der Waals surface area (Å²) in [5, 5.41) is 12.3. The lowest BCUT2D eigenvalue weighted by Crippen LogP contribution is -2.41. The van der Waals surface area contributed by atoms with Crippen LogP contribution in [-0.2, 0) is 35.5 Å². The van der Waals surface area contributed by atoms with E-state index in [-0.39, 0.29) is 16.9 Å². The molecule has 2 aliphatic rings. The summed E-state index contributed by atoms with van der Waals surface area (Å²) in [6.45, 7) is 5.30. The molecule has 6 aromatic rings. The molecule has 13 nitrogen and oxygen atoms in total. The number of methoxy groups -OCH3 is 4. The molecule has 2 heterocycles. The van der Waals surface area contributed by atoms with Gasteiger partial charge in [0.05, 0.1) is 34.0 Å². The fourth-order valence-corrected chi connectivity index (χ4v) is 8.92. The van der Waals surface area contributed by atoms with Crippen LogP contribution in [0.3, 0.4) is 0 Å². The monoisotopic (exact) mass is 997 g/mol. The van der Waals surface area contributed by atoms with Crippen molar-refractivity contribution >= 4 is 11.9 Å². The molecular weight excluding hydrogens is 925 g/mol. The standard InChI is InChI=1S/C30H35NO5.C16H16O5.C14H21NO/c1-33-26-19-25(20-27(34-2)28(26)36-21-24-11-7-4-8-12-24)29(32)31-22-30(15-17-35-18-16-30)14-13-23-9-5-3-6-10-23;1-19-13-8-12(16(17)18)9-14(20-2)15(13)21-10-11-6-4-3-5-7-11;15-12-14(8-10-16-11-9-14)7-6-13-4-2-1-3-5-13/h3-12,19-20H,13-18,21-22H2,1-2H3,(H,31,32);3-9H,10H2,1-2H3,(H,17,18);1-5H,6-12,15H2. The molecule has 0 aromatic heterocycles. The van der Waals surface area contributed by atoms with Crippen LogP contribution in [0.2, 0.25) is 0 Å². The van der Waals surface area contributed by atoms with Gasteiger partial charge in [0, 0.05) is 38.5 Å². The minimum Gasteiger partial charge on any atom is -0.493 e. The Morgan fingerprint density at radius 2 is 0.863 bits per heavy atom. The SMILES string of the molecule is COc1cc(C(=O)NCC2(CCc3ccccc3)CCOCC2)cc(OC)c1OCc1ccccc1.COc1cc(C(=O)O)cc(OC)c1OCc1ccccc1.NCC1(CCc2ccccc2)CCOCC1. The van der Waals surface area contributed by atoms with Crippen molar-refractivity contribution in [2.24, 2.45) is 16.6 Å². The van der Waals surface area contributed by atoms with Gasteiger partial charge in [0.25, 0.3) is 5.91 Å². The number of rotatable bonds is 21. The Balaban J connectivity index is 0.000000198. The van der Waals surface area contributed by atoms with Gasteiger partial charge in [-0.3, -0.25) is 4.79 Å². The maximum atomic E-state index is 13.2. The van der Waals surface area contributed by atoms with Crippen molar-refractivity contribution in [3.8, 4) is 34.5 Å². The topological polar surface area (TPSA) is 166 Å². The summed E-state index contributed by atoms with van der Waals surface area (Å²) >= 11 is 0. The van der Waals surface area contributed by atoms with Gasteiger partial charge in [0.1, 0.15) is 13.2 Å². The predicted molar refractivity (Wildman–Crippen MR) is 283 cm³/mol. The van der Waals surface area contributed by atoms with Crippen molar-refractivity contribution in [2.45, 2.75) is 64.6 Å². The van der Waals surface area contributed by atoms with E-state index in [1.165, 1.54) is 43.9 Å². The average Bonchev–Trinajstić information content (AvgIpc) is 3.45. The van der Waals surface area contributed by atoms with Gasteiger partial charge in [-0.15, -0.1) is 0 Å². The van der Waals surface area contributed by atoms with Crippen LogP contribution in [0.5, 0.6) is 34.5 Å². The van der Waals surface area contributed by atoms with E-state index in [1.54, 1.807) is 26.4 Å². The summed E-state index contributed by atoms with van der Waals surface area (Å²) in [5.41, 5.74) is 11.6. The van der Waals surface area contributed by atoms with Crippen LogP contribution in [0.4, 0.5) is 0 Å². The van der Waals surface area contributed by atoms with E-state index in [4.69, 9.17) is 48.7 Å². The summed E-state index contributed by atoms with van der Waals surface area (Å²) in [5.74, 6) is 1.21. The Bertz CT molecular complexity index is 2520. The number of amides is 1. The van der Waals surface area contributed by atoms with Gasteiger partial charge in [-0.2, -0.15) is 0 Å². The number of carbonyl (C=O) groups excluding carboxylic acids is 1. The number of hydrogen-bond acceptors (Lipinski definition) is 11.